The van der Waals surface area contributed by atoms with E-state index in [9.17, 15) is 4.79 Å². The summed E-state index contributed by atoms with van der Waals surface area (Å²) in [6, 6.07) is 5.26. The fourth-order valence-electron chi connectivity index (χ4n) is 1.34. The van der Waals surface area contributed by atoms with Gasteiger partial charge in [0.15, 0.2) is 0 Å². The highest BCUT2D eigenvalue weighted by Crippen LogP contribution is 2.24. The van der Waals surface area contributed by atoms with Crippen LogP contribution >= 0.6 is 0 Å². The molecule has 1 rings (SSSR count). The molecule has 1 amide bonds. The number of nitrogen functional groups attached to an aromatic ring is 1. The van der Waals surface area contributed by atoms with E-state index in [0.717, 1.165) is 5.69 Å². The van der Waals surface area contributed by atoms with Crippen LogP contribution in [0, 0.1) is 0 Å². The van der Waals surface area contributed by atoms with E-state index in [1.807, 2.05) is 0 Å². The minimum atomic E-state index is -0.129. The zero-order valence-electron chi connectivity index (χ0n) is 9.29. The summed E-state index contributed by atoms with van der Waals surface area (Å²) < 4.78 is 0. The zero-order valence-corrected chi connectivity index (χ0v) is 9.29. The topological polar surface area (TPSA) is 87.4 Å². The third kappa shape index (κ3) is 3.43. The highest BCUT2D eigenvalue weighted by atomic mass is 16.3. The van der Waals surface area contributed by atoms with Gasteiger partial charge >= 0.3 is 0 Å². The van der Waals surface area contributed by atoms with Gasteiger partial charge in [-0.05, 0) is 24.6 Å². The molecule has 5 nitrogen and oxygen atoms in total. The quantitative estimate of drug-likeness (QED) is 0.561. The Morgan fingerprint density at radius 1 is 1.44 bits per heavy atom. The van der Waals surface area contributed by atoms with Gasteiger partial charge < -0.3 is 21.5 Å². The first kappa shape index (κ1) is 12.3. The molecule has 0 bridgehead atoms. The van der Waals surface area contributed by atoms with Crippen LogP contribution in [0.1, 0.15) is 12.8 Å². The van der Waals surface area contributed by atoms with Crippen molar-refractivity contribution in [3.63, 3.8) is 0 Å². The van der Waals surface area contributed by atoms with Crippen LogP contribution in [0.3, 0.4) is 0 Å². The van der Waals surface area contributed by atoms with Crippen molar-refractivity contribution in [1.29, 1.82) is 0 Å². The lowest BCUT2D eigenvalue weighted by molar-refractivity contribution is -0.116. The van der Waals surface area contributed by atoms with Crippen molar-refractivity contribution in [2.45, 2.75) is 12.8 Å². The Labute approximate surface area is 94.7 Å². The fourth-order valence-corrected chi connectivity index (χ4v) is 1.34. The number of anilines is 3. The molecule has 0 saturated carbocycles. The normalized spacial score (nSPS) is 9.88. The Bertz CT molecular complexity index is 366. The Hall–Kier alpha value is -1.75. The van der Waals surface area contributed by atoms with Gasteiger partial charge in [-0.25, -0.2) is 0 Å². The van der Waals surface area contributed by atoms with Gasteiger partial charge in [-0.3, -0.25) is 4.79 Å². The standard InChI is InChI=1S/C11H17N3O2/c1-13-9-5-4-8(12)7-10(9)14-11(16)3-2-6-15/h4-5,7,13,15H,2-3,6,12H2,1H3,(H,14,16). The molecule has 0 aliphatic heterocycles. The summed E-state index contributed by atoms with van der Waals surface area (Å²) in [5.74, 6) is -0.129. The number of amides is 1. The highest BCUT2D eigenvalue weighted by molar-refractivity contribution is 5.94. The van der Waals surface area contributed by atoms with Crippen molar-refractivity contribution in [3.8, 4) is 0 Å². The molecule has 0 aromatic heterocycles. The van der Waals surface area contributed by atoms with E-state index in [-0.39, 0.29) is 12.5 Å². The third-order valence-electron chi connectivity index (χ3n) is 2.15. The lowest BCUT2D eigenvalue weighted by Gasteiger charge is -2.11. The average molecular weight is 223 g/mol. The second kappa shape index (κ2) is 5.97. The van der Waals surface area contributed by atoms with E-state index in [0.29, 0.717) is 24.2 Å². The van der Waals surface area contributed by atoms with Gasteiger partial charge in [-0.2, -0.15) is 0 Å². The van der Waals surface area contributed by atoms with E-state index in [4.69, 9.17) is 10.8 Å². The predicted octanol–water partition coefficient (Wildman–Crippen LogP) is 1.02. The molecule has 5 N–H and O–H groups in total. The molecule has 0 aliphatic carbocycles. The van der Waals surface area contributed by atoms with Crippen LogP contribution < -0.4 is 16.4 Å². The third-order valence-corrected chi connectivity index (χ3v) is 2.15. The summed E-state index contributed by atoms with van der Waals surface area (Å²) in [6.45, 7) is 0.0171. The van der Waals surface area contributed by atoms with E-state index < -0.39 is 0 Å². The second-order valence-electron chi connectivity index (χ2n) is 3.43. The molecule has 0 spiro atoms. The van der Waals surface area contributed by atoms with E-state index in [1.54, 1.807) is 25.2 Å². The molecule has 1 aromatic carbocycles. The van der Waals surface area contributed by atoms with Crippen LogP contribution in [0.4, 0.5) is 17.1 Å². The molecule has 0 radical (unpaired) electrons. The maximum absolute atomic E-state index is 11.5. The molecule has 0 saturated heterocycles. The van der Waals surface area contributed by atoms with Gasteiger partial charge in [-0.15, -0.1) is 0 Å². The number of carbonyl (C=O) groups excluding carboxylic acids is 1. The van der Waals surface area contributed by atoms with Gasteiger partial charge in [0.1, 0.15) is 0 Å². The van der Waals surface area contributed by atoms with Crippen LogP contribution in [0.15, 0.2) is 18.2 Å². The van der Waals surface area contributed by atoms with Crippen LogP contribution in [-0.4, -0.2) is 24.7 Å². The smallest absolute Gasteiger partial charge is 0.224 e. The Balaban J connectivity index is 2.71. The van der Waals surface area contributed by atoms with Gasteiger partial charge in [0.05, 0.1) is 11.4 Å². The number of nitrogens with one attached hydrogen (secondary N) is 2. The molecule has 0 unspecified atom stereocenters. The summed E-state index contributed by atoms with van der Waals surface area (Å²) in [6.07, 6.45) is 0.761. The van der Waals surface area contributed by atoms with Crippen molar-refractivity contribution in [3.05, 3.63) is 18.2 Å². The lowest BCUT2D eigenvalue weighted by atomic mass is 10.2. The van der Waals surface area contributed by atoms with Crippen LogP contribution in [0.25, 0.3) is 0 Å². The van der Waals surface area contributed by atoms with E-state index in [2.05, 4.69) is 10.6 Å². The van der Waals surface area contributed by atoms with Gasteiger partial charge in [0, 0.05) is 25.8 Å². The Kier molecular flexibility index (Phi) is 4.60. The summed E-state index contributed by atoms with van der Waals surface area (Å²) in [7, 11) is 1.77. The van der Waals surface area contributed by atoms with Gasteiger partial charge in [0.2, 0.25) is 5.91 Å². The van der Waals surface area contributed by atoms with Crippen LogP contribution in [0.2, 0.25) is 0 Å². The summed E-state index contributed by atoms with van der Waals surface area (Å²) >= 11 is 0. The first-order valence-corrected chi connectivity index (χ1v) is 5.15. The van der Waals surface area contributed by atoms with Crippen LogP contribution in [-0.2, 0) is 4.79 Å². The minimum Gasteiger partial charge on any atom is -0.399 e. The monoisotopic (exact) mass is 223 g/mol. The summed E-state index contributed by atoms with van der Waals surface area (Å²) in [5, 5.41) is 14.3. The zero-order chi connectivity index (χ0) is 12.0. The Morgan fingerprint density at radius 3 is 2.81 bits per heavy atom. The molecular formula is C11H17N3O2. The predicted molar refractivity (Wildman–Crippen MR) is 65.4 cm³/mol. The highest BCUT2D eigenvalue weighted by Gasteiger charge is 2.06. The number of hydrogen-bond donors (Lipinski definition) is 4. The number of nitrogens with two attached hydrogens (primary N) is 1. The molecule has 0 aliphatic rings. The van der Waals surface area contributed by atoms with Crippen molar-refractivity contribution in [2.75, 3.05) is 30.0 Å². The number of aliphatic hydroxyl groups excluding tert-OH is 1. The van der Waals surface area contributed by atoms with Crippen molar-refractivity contribution >= 4 is 23.0 Å². The first-order valence-electron chi connectivity index (χ1n) is 5.15. The minimum absolute atomic E-state index is 0.0171. The molecule has 88 valence electrons. The SMILES string of the molecule is CNc1ccc(N)cc1NC(=O)CCCO. The van der Waals surface area contributed by atoms with Crippen molar-refractivity contribution < 1.29 is 9.90 Å². The van der Waals surface area contributed by atoms with Crippen LogP contribution in [0.5, 0.6) is 0 Å². The molecular weight excluding hydrogens is 206 g/mol. The Morgan fingerprint density at radius 2 is 2.19 bits per heavy atom. The van der Waals surface area contributed by atoms with Gasteiger partial charge in [-0.1, -0.05) is 0 Å². The molecule has 1 aromatic rings. The molecule has 16 heavy (non-hydrogen) atoms. The van der Waals surface area contributed by atoms with Crippen molar-refractivity contribution in [2.24, 2.45) is 0 Å². The summed E-state index contributed by atoms with van der Waals surface area (Å²) in [4.78, 5) is 11.5. The molecule has 0 fully saturated rings. The van der Waals surface area contributed by atoms with E-state index >= 15 is 0 Å². The lowest BCUT2D eigenvalue weighted by Crippen LogP contribution is -2.13. The summed E-state index contributed by atoms with van der Waals surface area (Å²) in [5.41, 5.74) is 7.70. The maximum atomic E-state index is 11.5. The largest absolute Gasteiger partial charge is 0.399 e. The molecule has 0 heterocycles. The molecule has 5 heteroatoms. The van der Waals surface area contributed by atoms with E-state index in [1.165, 1.54) is 0 Å². The number of carbonyl (C=O) groups is 1. The van der Waals surface area contributed by atoms with Gasteiger partial charge in [0.25, 0.3) is 0 Å². The fraction of sp³-hybridized carbons (Fsp3) is 0.364. The second-order valence-corrected chi connectivity index (χ2v) is 3.43. The number of rotatable bonds is 5. The average Bonchev–Trinajstić information content (AvgIpc) is 2.27. The van der Waals surface area contributed by atoms with Crippen molar-refractivity contribution in [1.82, 2.24) is 0 Å². The number of aliphatic hydroxyl groups is 1. The number of hydrogen-bond acceptors (Lipinski definition) is 4. The number of benzene rings is 1. The maximum Gasteiger partial charge on any atom is 0.224 e. The molecule has 0 atom stereocenters. The first-order chi connectivity index (χ1) is 7.67.